The molecule has 2 aromatic rings. The molecule has 0 saturated heterocycles. The molecule has 0 aliphatic rings. The number of nitrogens with one attached hydrogen (secondary N) is 1. The van der Waals surface area contributed by atoms with Gasteiger partial charge in [0.2, 0.25) is 0 Å². The Hall–Kier alpha value is -1.13. The number of hydrogen-bond donors (Lipinski definition) is 1. The summed E-state index contributed by atoms with van der Waals surface area (Å²) in [5.41, 5.74) is 1.35. The van der Waals surface area contributed by atoms with Gasteiger partial charge in [-0.25, -0.2) is 4.98 Å². The largest absolute Gasteiger partial charge is 0.335 e. The minimum Gasteiger partial charge on any atom is -0.335 e. The molecule has 1 aromatic heterocycles. The molecule has 0 aliphatic carbocycles. The summed E-state index contributed by atoms with van der Waals surface area (Å²) in [6.07, 6.45) is 7.09. The third kappa shape index (κ3) is 4.18. The van der Waals surface area contributed by atoms with Crippen LogP contribution in [0.4, 0.5) is 0 Å². The van der Waals surface area contributed by atoms with Gasteiger partial charge in [0.15, 0.2) is 0 Å². The Morgan fingerprint density at radius 2 is 2.00 bits per heavy atom. The van der Waals surface area contributed by atoms with E-state index in [0.29, 0.717) is 6.04 Å². The maximum atomic E-state index is 4.49. The predicted octanol–water partition coefficient (Wildman–Crippen LogP) is 3.43. The average molecular weight is 336 g/mol. The van der Waals surface area contributed by atoms with Crippen molar-refractivity contribution < 1.29 is 0 Å². The Morgan fingerprint density at radius 1 is 1.25 bits per heavy atom. The smallest absolute Gasteiger partial charge is 0.110 e. The van der Waals surface area contributed by atoms with Gasteiger partial charge in [0, 0.05) is 35.9 Å². The van der Waals surface area contributed by atoms with Crippen LogP contribution in [0.15, 0.2) is 41.1 Å². The molecular weight excluding hydrogens is 314 g/mol. The van der Waals surface area contributed by atoms with Gasteiger partial charge in [0.05, 0.1) is 0 Å². The zero-order valence-electron chi connectivity index (χ0n) is 12.1. The maximum Gasteiger partial charge on any atom is 0.110 e. The highest BCUT2D eigenvalue weighted by atomic mass is 79.9. The van der Waals surface area contributed by atoms with E-state index >= 15 is 0 Å². The molecule has 2 rings (SSSR count). The first-order valence-corrected chi connectivity index (χ1v) is 7.94. The summed E-state index contributed by atoms with van der Waals surface area (Å²) in [6, 6.07) is 8.95. The first-order chi connectivity index (χ1) is 9.72. The lowest BCUT2D eigenvalue weighted by molar-refractivity contribution is 0.520. The van der Waals surface area contributed by atoms with Gasteiger partial charge >= 0.3 is 0 Å². The van der Waals surface area contributed by atoms with Crippen molar-refractivity contribution in [3.8, 4) is 0 Å². The second-order valence-electron chi connectivity index (χ2n) is 5.06. The van der Waals surface area contributed by atoms with Gasteiger partial charge in [-0.15, -0.1) is 0 Å². The standard InChI is InChI=1S/C16H22BrN3/c1-3-9-20-10-8-19-16(20)12-15(18-2)11-13-4-6-14(17)7-5-13/h4-8,10,15,18H,3,9,11-12H2,1-2H3. The minimum atomic E-state index is 0.411. The van der Waals surface area contributed by atoms with Gasteiger partial charge in [-0.1, -0.05) is 35.0 Å². The molecule has 0 radical (unpaired) electrons. The van der Waals surface area contributed by atoms with Crippen molar-refractivity contribution in [3.05, 3.63) is 52.5 Å². The Morgan fingerprint density at radius 3 is 2.65 bits per heavy atom. The summed E-state index contributed by atoms with van der Waals surface area (Å²) in [6.45, 7) is 3.24. The zero-order chi connectivity index (χ0) is 14.4. The van der Waals surface area contributed by atoms with E-state index in [0.717, 1.165) is 30.3 Å². The van der Waals surface area contributed by atoms with Crippen LogP contribution in [0.5, 0.6) is 0 Å². The van der Waals surface area contributed by atoms with Crippen molar-refractivity contribution >= 4 is 15.9 Å². The van der Waals surface area contributed by atoms with E-state index in [4.69, 9.17) is 0 Å². The number of aryl methyl sites for hydroxylation is 1. The Kier molecular flexibility index (Phi) is 5.80. The van der Waals surface area contributed by atoms with E-state index in [1.807, 2.05) is 13.2 Å². The highest BCUT2D eigenvalue weighted by molar-refractivity contribution is 9.10. The third-order valence-corrected chi connectivity index (χ3v) is 4.03. The summed E-state index contributed by atoms with van der Waals surface area (Å²) in [7, 11) is 2.02. The van der Waals surface area contributed by atoms with E-state index in [2.05, 4.69) is 68.2 Å². The van der Waals surface area contributed by atoms with Gasteiger partial charge in [-0.3, -0.25) is 0 Å². The predicted molar refractivity (Wildman–Crippen MR) is 86.9 cm³/mol. The number of likely N-dealkylation sites (N-methyl/N-ethyl adjacent to an activating group) is 1. The molecule has 20 heavy (non-hydrogen) atoms. The van der Waals surface area contributed by atoms with Crippen molar-refractivity contribution in [3.63, 3.8) is 0 Å². The molecular formula is C16H22BrN3. The highest BCUT2D eigenvalue weighted by Crippen LogP contribution is 2.13. The lowest BCUT2D eigenvalue weighted by atomic mass is 10.0. The number of halogens is 1. The number of aromatic nitrogens is 2. The van der Waals surface area contributed by atoms with E-state index in [1.165, 1.54) is 11.4 Å². The molecule has 1 aromatic carbocycles. The van der Waals surface area contributed by atoms with E-state index in [9.17, 15) is 0 Å². The Balaban J connectivity index is 2.01. The molecule has 1 unspecified atom stereocenters. The monoisotopic (exact) mass is 335 g/mol. The van der Waals surface area contributed by atoms with E-state index in [-0.39, 0.29) is 0 Å². The van der Waals surface area contributed by atoms with Crippen LogP contribution >= 0.6 is 15.9 Å². The molecule has 0 fully saturated rings. The maximum absolute atomic E-state index is 4.49. The van der Waals surface area contributed by atoms with Gasteiger partial charge in [0.1, 0.15) is 5.82 Å². The summed E-state index contributed by atoms with van der Waals surface area (Å²) in [5, 5.41) is 3.41. The third-order valence-electron chi connectivity index (χ3n) is 3.50. The van der Waals surface area contributed by atoms with Gasteiger partial charge in [0.25, 0.3) is 0 Å². The molecule has 108 valence electrons. The van der Waals surface area contributed by atoms with Crippen LogP contribution < -0.4 is 5.32 Å². The zero-order valence-corrected chi connectivity index (χ0v) is 13.7. The van der Waals surface area contributed by atoms with Crippen molar-refractivity contribution in [1.82, 2.24) is 14.9 Å². The first-order valence-electron chi connectivity index (χ1n) is 7.14. The molecule has 0 amide bonds. The summed E-state index contributed by atoms with van der Waals surface area (Å²) in [4.78, 5) is 4.49. The number of nitrogens with zero attached hydrogens (tertiary/aromatic N) is 2. The Bertz CT molecular complexity index is 519. The van der Waals surface area contributed by atoms with Crippen LogP contribution in [0.2, 0.25) is 0 Å². The van der Waals surface area contributed by atoms with Crippen LogP contribution in [0, 0.1) is 0 Å². The SMILES string of the molecule is CCCn1ccnc1CC(Cc1ccc(Br)cc1)NC. The summed E-state index contributed by atoms with van der Waals surface area (Å²) in [5.74, 6) is 1.17. The van der Waals surface area contributed by atoms with Crippen molar-refractivity contribution in [2.24, 2.45) is 0 Å². The van der Waals surface area contributed by atoms with E-state index < -0.39 is 0 Å². The molecule has 0 aliphatic heterocycles. The summed E-state index contributed by atoms with van der Waals surface area (Å²) >= 11 is 3.48. The van der Waals surface area contributed by atoms with Gasteiger partial charge in [-0.05, 0) is 37.6 Å². The molecule has 1 atom stereocenters. The molecule has 1 heterocycles. The molecule has 4 heteroatoms. The van der Waals surface area contributed by atoms with Crippen LogP contribution in [-0.4, -0.2) is 22.6 Å². The minimum absolute atomic E-state index is 0.411. The second-order valence-corrected chi connectivity index (χ2v) is 5.97. The quantitative estimate of drug-likeness (QED) is 0.840. The number of imidazole rings is 1. The van der Waals surface area contributed by atoms with Gasteiger partial charge < -0.3 is 9.88 Å². The second kappa shape index (κ2) is 7.60. The lowest BCUT2D eigenvalue weighted by Crippen LogP contribution is -2.31. The van der Waals surface area contributed by atoms with Crippen LogP contribution in [0.25, 0.3) is 0 Å². The molecule has 1 N–H and O–H groups in total. The van der Waals surface area contributed by atoms with Crippen molar-refractivity contribution in [1.29, 1.82) is 0 Å². The summed E-state index contributed by atoms with van der Waals surface area (Å²) < 4.78 is 3.38. The molecule has 0 saturated carbocycles. The Labute approximate surface area is 129 Å². The number of benzene rings is 1. The molecule has 0 spiro atoms. The molecule has 0 bridgehead atoms. The first kappa shape index (κ1) is 15.3. The topological polar surface area (TPSA) is 29.9 Å². The molecule has 3 nitrogen and oxygen atoms in total. The van der Waals surface area contributed by atoms with Crippen LogP contribution in [-0.2, 0) is 19.4 Å². The van der Waals surface area contributed by atoms with Crippen molar-refractivity contribution in [2.75, 3.05) is 7.05 Å². The van der Waals surface area contributed by atoms with E-state index in [1.54, 1.807) is 0 Å². The van der Waals surface area contributed by atoms with Crippen molar-refractivity contribution in [2.45, 2.75) is 38.8 Å². The fraction of sp³-hybridized carbons (Fsp3) is 0.438. The highest BCUT2D eigenvalue weighted by Gasteiger charge is 2.12. The normalized spacial score (nSPS) is 12.6. The van der Waals surface area contributed by atoms with Gasteiger partial charge in [-0.2, -0.15) is 0 Å². The number of rotatable bonds is 7. The average Bonchev–Trinajstić information content (AvgIpc) is 2.88. The van der Waals surface area contributed by atoms with Crippen LogP contribution in [0.1, 0.15) is 24.7 Å². The fourth-order valence-electron chi connectivity index (χ4n) is 2.38. The fourth-order valence-corrected chi connectivity index (χ4v) is 2.64. The number of hydrogen-bond acceptors (Lipinski definition) is 2. The lowest BCUT2D eigenvalue weighted by Gasteiger charge is -2.17. The van der Waals surface area contributed by atoms with Crippen LogP contribution in [0.3, 0.4) is 0 Å².